The maximum atomic E-state index is 12.8. The predicted molar refractivity (Wildman–Crippen MR) is 102 cm³/mol. The van der Waals surface area contributed by atoms with E-state index in [-0.39, 0.29) is 12.3 Å². The number of furan rings is 1. The van der Waals surface area contributed by atoms with Crippen molar-refractivity contribution in [1.29, 1.82) is 0 Å². The van der Waals surface area contributed by atoms with Crippen molar-refractivity contribution >= 4 is 22.6 Å². The maximum Gasteiger partial charge on any atom is 0.339 e. The van der Waals surface area contributed by atoms with Crippen molar-refractivity contribution in [1.82, 2.24) is 4.98 Å². The van der Waals surface area contributed by atoms with E-state index in [2.05, 4.69) is 4.98 Å². The molecule has 138 valence electrons. The first-order valence-corrected chi connectivity index (χ1v) is 8.46. The van der Waals surface area contributed by atoms with E-state index in [9.17, 15) is 14.9 Å². The highest BCUT2D eigenvalue weighted by molar-refractivity contribution is 6.04. The molecular weight excluding hydrogens is 360 g/mol. The number of nitrogens with zero attached hydrogens (tertiary/aromatic N) is 2. The number of nitro benzene ring substituents is 1. The number of benzene rings is 2. The molecule has 2 aromatic heterocycles. The molecule has 0 unspecified atom stereocenters. The lowest BCUT2D eigenvalue weighted by Crippen LogP contribution is -2.07. The number of nitro groups is 1. The van der Waals surface area contributed by atoms with E-state index in [1.54, 1.807) is 42.5 Å². The van der Waals surface area contributed by atoms with Gasteiger partial charge in [-0.1, -0.05) is 30.3 Å². The number of carbonyl (C=O) groups is 1. The minimum absolute atomic E-state index is 0.0528. The lowest BCUT2D eigenvalue weighted by Gasteiger charge is -2.09. The summed E-state index contributed by atoms with van der Waals surface area (Å²) in [7, 11) is 0. The second-order valence-electron chi connectivity index (χ2n) is 6.05. The molecule has 7 nitrogen and oxygen atoms in total. The number of pyridine rings is 1. The number of hydrogen-bond acceptors (Lipinski definition) is 6. The lowest BCUT2D eigenvalue weighted by molar-refractivity contribution is -0.384. The van der Waals surface area contributed by atoms with E-state index in [0.717, 1.165) is 0 Å². The van der Waals surface area contributed by atoms with Crippen molar-refractivity contribution < 1.29 is 18.9 Å². The summed E-state index contributed by atoms with van der Waals surface area (Å²) in [6.45, 7) is -0.0761. The molecule has 0 saturated heterocycles. The van der Waals surface area contributed by atoms with Crippen molar-refractivity contribution in [2.24, 2.45) is 0 Å². The second-order valence-corrected chi connectivity index (χ2v) is 6.05. The molecule has 4 aromatic rings. The summed E-state index contributed by atoms with van der Waals surface area (Å²) < 4.78 is 10.8. The van der Waals surface area contributed by atoms with E-state index < -0.39 is 10.9 Å². The minimum Gasteiger partial charge on any atom is -0.463 e. The highest BCUT2D eigenvalue weighted by atomic mass is 16.6. The summed E-state index contributed by atoms with van der Waals surface area (Å²) in [4.78, 5) is 27.7. The normalized spacial score (nSPS) is 10.7. The van der Waals surface area contributed by atoms with Crippen LogP contribution in [0.4, 0.5) is 5.69 Å². The van der Waals surface area contributed by atoms with Crippen LogP contribution in [-0.2, 0) is 11.3 Å². The highest BCUT2D eigenvalue weighted by Crippen LogP contribution is 2.26. The number of non-ortho nitro benzene ring substituents is 1. The summed E-state index contributed by atoms with van der Waals surface area (Å²) in [6.07, 6.45) is 1.53. The summed E-state index contributed by atoms with van der Waals surface area (Å²) in [5, 5.41) is 11.5. The zero-order chi connectivity index (χ0) is 19.5. The molecule has 2 aromatic carbocycles. The summed E-state index contributed by atoms with van der Waals surface area (Å²) in [5.41, 5.74) is 1.99. The van der Waals surface area contributed by atoms with Crippen molar-refractivity contribution in [3.05, 3.63) is 94.2 Å². The number of rotatable bonds is 5. The van der Waals surface area contributed by atoms with Gasteiger partial charge in [0, 0.05) is 17.5 Å². The van der Waals surface area contributed by atoms with Gasteiger partial charge in [0.15, 0.2) is 5.76 Å². The van der Waals surface area contributed by atoms with Crippen LogP contribution in [0, 0.1) is 10.1 Å². The second kappa shape index (κ2) is 7.32. The van der Waals surface area contributed by atoms with Gasteiger partial charge in [-0.3, -0.25) is 10.1 Å². The standard InChI is InChI=1S/C21H14N2O5/c24-21(28-13-14-5-3-6-15(11-14)23(25)26)17-12-19(20-9-4-10-27-20)22-18-8-2-1-7-16(17)18/h1-12H,13H2. The Morgan fingerprint density at radius 2 is 1.93 bits per heavy atom. The molecule has 0 amide bonds. The van der Waals surface area contributed by atoms with Gasteiger partial charge in [-0.15, -0.1) is 0 Å². The topological polar surface area (TPSA) is 95.5 Å². The third kappa shape index (κ3) is 3.45. The number of ether oxygens (including phenoxy) is 1. The Morgan fingerprint density at radius 1 is 1.07 bits per heavy atom. The molecule has 0 spiro atoms. The molecule has 0 fully saturated rings. The molecule has 0 aliphatic carbocycles. The zero-order valence-corrected chi connectivity index (χ0v) is 14.6. The fourth-order valence-electron chi connectivity index (χ4n) is 2.88. The highest BCUT2D eigenvalue weighted by Gasteiger charge is 2.17. The minimum atomic E-state index is -0.544. The van der Waals surface area contributed by atoms with Crippen molar-refractivity contribution in [3.63, 3.8) is 0 Å². The predicted octanol–water partition coefficient (Wildman–Crippen LogP) is 4.76. The maximum absolute atomic E-state index is 12.8. The Morgan fingerprint density at radius 3 is 2.71 bits per heavy atom. The third-order valence-electron chi connectivity index (χ3n) is 4.20. The molecule has 0 radical (unpaired) electrons. The number of para-hydroxylation sites is 1. The Bertz CT molecular complexity index is 1170. The van der Waals surface area contributed by atoms with Crippen LogP contribution in [0.5, 0.6) is 0 Å². The number of esters is 1. The Labute approximate surface area is 159 Å². The molecule has 0 saturated carbocycles. The fourth-order valence-corrected chi connectivity index (χ4v) is 2.88. The Kier molecular flexibility index (Phi) is 4.55. The van der Waals surface area contributed by atoms with Crippen molar-refractivity contribution in [2.45, 2.75) is 6.61 Å². The first kappa shape index (κ1) is 17.4. The van der Waals surface area contributed by atoms with Gasteiger partial charge in [-0.05, 0) is 29.8 Å². The molecule has 0 N–H and O–H groups in total. The van der Waals surface area contributed by atoms with E-state index in [4.69, 9.17) is 9.15 Å². The van der Waals surface area contributed by atoms with Crippen LogP contribution in [0.15, 0.2) is 77.4 Å². The molecular formula is C21H14N2O5. The monoisotopic (exact) mass is 374 g/mol. The number of aromatic nitrogens is 1. The molecule has 0 atom stereocenters. The molecule has 0 aliphatic rings. The van der Waals surface area contributed by atoms with Gasteiger partial charge in [0.05, 0.1) is 22.3 Å². The van der Waals surface area contributed by atoms with Crippen LogP contribution < -0.4 is 0 Å². The van der Waals surface area contributed by atoms with Crippen LogP contribution >= 0.6 is 0 Å². The molecule has 2 heterocycles. The smallest absolute Gasteiger partial charge is 0.339 e. The largest absolute Gasteiger partial charge is 0.463 e. The van der Waals surface area contributed by atoms with E-state index in [1.165, 1.54) is 18.4 Å². The van der Waals surface area contributed by atoms with Crippen LogP contribution in [0.2, 0.25) is 0 Å². The molecule has 7 heteroatoms. The molecule has 4 rings (SSSR count). The molecule has 0 aliphatic heterocycles. The van der Waals surface area contributed by atoms with E-state index in [1.807, 2.05) is 12.1 Å². The quantitative estimate of drug-likeness (QED) is 0.284. The van der Waals surface area contributed by atoms with Crippen LogP contribution in [-0.4, -0.2) is 15.9 Å². The fraction of sp³-hybridized carbons (Fsp3) is 0.0476. The van der Waals surface area contributed by atoms with Gasteiger partial charge in [0.2, 0.25) is 0 Å². The summed E-state index contributed by atoms with van der Waals surface area (Å²) in [6, 6.07) is 18.4. The van der Waals surface area contributed by atoms with Gasteiger partial charge in [0.25, 0.3) is 5.69 Å². The summed E-state index contributed by atoms with van der Waals surface area (Å²) in [5.74, 6) is -0.00333. The van der Waals surface area contributed by atoms with Crippen molar-refractivity contribution in [3.8, 4) is 11.5 Å². The number of fused-ring (bicyclic) bond motifs is 1. The number of hydrogen-bond donors (Lipinski definition) is 0. The average molecular weight is 374 g/mol. The van der Waals surface area contributed by atoms with Gasteiger partial charge < -0.3 is 9.15 Å². The van der Waals surface area contributed by atoms with E-state index in [0.29, 0.717) is 33.5 Å². The summed E-state index contributed by atoms with van der Waals surface area (Å²) >= 11 is 0. The lowest BCUT2D eigenvalue weighted by atomic mass is 10.1. The Hall–Kier alpha value is -4.00. The first-order chi connectivity index (χ1) is 13.6. The first-order valence-electron chi connectivity index (χ1n) is 8.46. The van der Waals surface area contributed by atoms with Crippen LogP contribution in [0.25, 0.3) is 22.4 Å². The Balaban J connectivity index is 1.65. The van der Waals surface area contributed by atoms with E-state index >= 15 is 0 Å². The molecule has 28 heavy (non-hydrogen) atoms. The third-order valence-corrected chi connectivity index (χ3v) is 4.20. The van der Waals surface area contributed by atoms with Crippen LogP contribution in [0.3, 0.4) is 0 Å². The van der Waals surface area contributed by atoms with Gasteiger partial charge in [-0.2, -0.15) is 0 Å². The van der Waals surface area contributed by atoms with Gasteiger partial charge in [0.1, 0.15) is 12.3 Å². The van der Waals surface area contributed by atoms with Gasteiger partial charge in [-0.25, -0.2) is 9.78 Å². The SMILES string of the molecule is O=C(OCc1cccc([N+](=O)[O-])c1)c1cc(-c2ccco2)nc2ccccc12. The average Bonchev–Trinajstić information content (AvgIpc) is 3.26. The van der Waals surface area contributed by atoms with Crippen molar-refractivity contribution in [2.75, 3.05) is 0 Å². The zero-order valence-electron chi connectivity index (χ0n) is 14.6. The van der Waals surface area contributed by atoms with Crippen LogP contribution in [0.1, 0.15) is 15.9 Å². The van der Waals surface area contributed by atoms with Gasteiger partial charge >= 0.3 is 5.97 Å². The number of carbonyl (C=O) groups excluding carboxylic acids is 1. The molecule has 0 bridgehead atoms.